The molecule has 3 aromatic rings. The Hall–Kier alpha value is -2.59. The average Bonchev–Trinajstić information content (AvgIpc) is 2.60. The fraction of sp³-hybridized carbons (Fsp3) is 0.238. The Kier molecular flexibility index (Phi) is 5.14. The maximum Gasteiger partial charge on any atom is 0.255 e. The highest BCUT2D eigenvalue weighted by Crippen LogP contribution is 2.21. The molecule has 4 nitrogen and oxygen atoms in total. The first-order chi connectivity index (χ1) is 12.4. The number of carbonyl (C=O) groups is 1. The monoisotopic (exact) mass is 368 g/mol. The van der Waals surface area contributed by atoms with E-state index in [9.17, 15) is 9.59 Å². The number of aryl methyl sites for hydroxylation is 1. The first-order valence-corrected chi connectivity index (χ1v) is 8.93. The number of halogens is 1. The van der Waals surface area contributed by atoms with Crippen LogP contribution in [0.4, 0.5) is 0 Å². The molecule has 26 heavy (non-hydrogen) atoms. The van der Waals surface area contributed by atoms with Crippen molar-refractivity contribution in [2.45, 2.75) is 33.4 Å². The summed E-state index contributed by atoms with van der Waals surface area (Å²) < 4.78 is 0. The Bertz CT molecular complexity index is 1020. The average molecular weight is 369 g/mol. The molecular formula is C21H21ClN2O2. The normalized spacial score (nSPS) is 11.1. The van der Waals surface area contributed by atoms with E-state index in [4.69, 9.17) is 11.6 Å². The van der Waals surface area contributed by atoms with E-state index in [1.807, 2.05) is 45.0 Å². The topological polar surface area (TPSA) is 53.2 Å². The van der Waals surface area contributed by atoms with Crippen molar-refractivity contribution in [3.05, 3.63) is 80.6 Å². The highest BCUT2D eigenvalue weighted by Gasteiger charge is 2.22. The van der Waals surface area contributed by atoms with Gasteiger partial charge in [-0.15, -0.1) is 0 Å². The van der Waals surface area contributed by atoms with E-state index in [0.29, 0.717) is 16.1 Å². The van der Waals surface area contributed by atoms with Gasteiger partial charge in [-0.3, -0.25) is 9.59 Å². The number of nitrogens with zero attached hydrogens (tertiary/aromatic N) is 1. The molecule has 0 unspecified atom stereocenters. The summed E-state index contributed by atoms with van der Waals surface area (Å²) in [6.45, 7) is 6.03. The van der Waals surface area contributed by atoms with Crippen molar-refractivity contribution in [3.63, 3.8) is 0 Å². The molecule has 0 aliphatic rings. The lowest BCUT2D eigenvalue weighted by Gasteiger charge is -2.27. The van der Waals surface area contributed by atoms with Crippen LogP contribution in [-0.4, -0.2) is 21.8 Å². The summed E-state index contributed by atoms with van der Waals surface area (Å²) in [6, 6.07) is 14.6. The van der Waals surface area contributed by atoms with Gasteiger partial charge in [0, 0.05) is 11.6 Å². The van der Waals surface area contributed by atoms with Gasteiger partial charge >= 0.3 is 0 Å². The zero-order chi connectivity index (χ0) is 18.8. The fourth-order valence-electron chi connectivity index (χ4n) is 3.01. The van der Waals surface area contributed by atoms with Crippen molar-refractivity contribution >= 4 is 28.4 Å². The quantitative estimate of drug-likeness (QED) is 0.735. The van der Waals surface area contributed by atoms with Gasteiger partial charge in [0.2, 0.25) is 0 Å². The van der Waals surface area contributed by atoms with E-state index in [-0.39, 0.29) is 24.1 Å². The molecule has 1 aromatic heterocycles. The number of benzene rings is 2. The third-order valence-electron chi connectivity index (χ3n) is 4.49. The van der Waals surface area contributed by atoms with E-state index < -0.39 is 0 Å². The zero-order valence-corrected chi connectivity index (χ0v) is 15.8. The molecule has 0 bridgehead atoms. The van der Waals surface area contributed by atoms with Gasteiger partial charge in [0.1, 0.15) is 0 Å². The molecule has 0 fully saturated rings. The highest BCUT2D eigenvalue weighted by atomic mass is 35.5. The molecule has 3 rings (SSSR count). The van der Waals surface area contributed by atoms with Crippen LogP contribution in [0, 0.1) is 6.92 Å². The Morgan fingerprint density at radius 2 is 1.88 bits per heavy atom. The first kappa shape index (κ1) is 18.2. The molecule has 0 spiro atoms. The first-order valence-electron chi connectivity index (χ1n) is 8.55. The predicted octanol–water partition coefficient (Wildman–Crippen LogP) is 4.54. The van der Waals surface area contributed by atoms with E-state index in [2.05, 4.69) is 4.98 Å². The van der Waals surface area contributed by atoms with Crippen molar-refractivity contribution in [3.8, 4) is 0 Å². The van der Waals surface area contributed by atoms with E-state index in [0.717, 1.165) is 16.5 Å². The number of rotatable bonds is 4. The van der Waals surface area contributed by atoms with Crippen LogP contribution in [0.25, 0.3) is 10.9 Å². The fourth-order valence-corrected chi connectivity index (χ4v) is 3.22. The number of aromatic amines is 1. The summed E-state index contributed by atoms with van der Waals surface area (Å²) in [5, 5.41) is 1.36. The number of H-pyrrole nitrogens is 1. The number of hydrogen-bond donors (Lipinski definition) is 1. The van der Waals surface area contributed by atoms with Gasteiger partial charge in [0.05, 0.1) is 22.6 Å². The molecule has 0 radical (unpaired) electrons. The SMILES string of the molecule is Cc1cccc2cc(CN(C(=O)c3ccccc3Cl)C(C)C)c(=O)[nH]c12. The number of para-hydroxylation sites is 1. The van der Waals surface area contributed by atoms with Crippen LogP contribution in [0.3, 0.4) is 0 Å². The maximum absolute atomic E-state index is 13.0. The zero-order valence-electron chi connectivity index (χ0n) is 15.0. The highest BCUT2D eigenvalue weighted by molar-refractivity contribution is 6.33. The number of pyridine rings is 1. The number of amides is 1. The predicted molar refractivity (Wildman–Crippen MR) is 106 cm³/mol. The van der Waals surface area contributed by atoms with Gasteiger partial charge in [-0.2, -0.15) is 0 Å². The third kappa shape index (κ3) is 3.51. The molecule has 0 aliphatic heterocycles. The van der Waals surface area contributed by atoms with Gasteiger partial charge in [-0.25, -0.2) is 0 Å². The second kappa shape index (κ2) is 7.34. The number of aromatic nitrogens is 1. The second-order valence-corrected chi connectivity index (χ2v) is 7.08. The van der Waals surface area contributed by atoms with Gasteiger partial charge in [0.25, 0.3) is 11.5 Å². The minimum atomic E-state index is -0.186. The molecule has 0 saturated heterocycles. The summed E-state index contributed by atoms with van der Waals surface area (Å²) in [7, 11) is 0. The second-order valence-electron chi connectivity index (χ2n) is 6.67. The van der Waals surface area contributed by atoms with E-state index >= 15 is 0 Å². The minimum absolute atomic E-state index is 0.0774. The summed E-state index contributed by atoms with van der Waals surface area (Å²) in [6.07, 6.45) is 0. The number of nitrogens with one attached hydrogen (secondary N) is 1. The van der Waals surface area contributed by atoms with E-state index in [1.165, 1.54) is 0 Å². The van der Waals surface area contributed by atoms with Crippen LogP contribution >= 0.6 is 11.6 Å². The Morgan fingerprint density at radius 3 is 2.58 bits per heavy atom. The van der Waals surface area contributed by atoms with Crippen LogP contribution in [-0.2, 0) is 6.54 Å². The molecule has 1 amide bonds. The molecule has 0 saturated carbocycles. The largest absolute Gasteiger partial charge is 0.332 e. The Morgan fingerprint density at radius 1 is 1.15 bits per heavy atom. The van der Waals surface area contributed by atoms with Gasteiger partial charge in [0.15, 0.2) is 0 Å². The van der Waals surface area contributed by atoms with Crippen LogP contribution in [0.2, 0.25) is 5.02 Å². The molecule has 1 heterocycles. The lowest BCUT2D eigenvalue weighted by atomic mass is 10.1. The molecule has 5 heteroatoms. The Balaban J connectivity index is 2.00. The van der Waals surface area contributed by atoms with Crippen LogP contribution in [0.1, 0.15) is 35.3 Å². The molecule has 0 aliphatic carbocycles. The summed E-state index contributed by atoms with van der Waals surface area (Å²) in [5.74, 6) is -0.186. The van der Waals surface area contributed by atoms with E-state index in [1.54, 1.807) is 29.2 Å². The minimum Gasteiger partial charge on any atom is -0.332 e. The van der Waals surface area contributed by atoms with Crippen LogP contribution < -0.4 is 5.56 Å². The maximum atomic E-state index is 13.0. The van der Waals surface area contributed by atoms with Crippen LogP contribution in [0.5, 0.6) is 0 Å². The summed E-state index contributed by atoms with van der Waals surface area (Å²) in [4.78, 5) is 30.1. The van der Waals surface area contributed by atoms with Crippen LogP contribution in [0.15, 0.2) is 53.3 Å². The number of carbonyl (C=O) groups excluding carboxylic acids is 1. The van der Waals surface area contributed by atoms with Gasteiger partial charge < -0.3 is 9.88 Å². The van der Waals surface area contributed by atoms with Crippen molar-refractivity contribution in [2.24, 2.45) is 0 Å². The summed E-state index contributed by atoms with van der Waals surface area (Å²) >= 11 is 6.18. The molecule has 2 aromatic carbocycles. The molecule has 1 N–H and O–H groups in total. The summed E-state index contributed by atoms with van der Waals surface area (Å²) in [5.41, 5.74) is 2.66. The van der Waals surface area contributed by atoms with Gasteiger partial charge in [-0.1, -0.05) is 41.9 Å². The molecule has 134 valence electrons. The lowest BCUT2D eigenvalue weighted by molar-refractivity contribution is 0.0690. The third-order valence-corrected chi connectivity index (χ3v) is 4.82. The Labute approximate surface area is 157 Å². The number of hydrogen-bond acceptors (Lipinski definition) is 2. The molecular weight excluding hydrogens is 348 g/mol. The van der Waals surface area contributed by atoms with Crippen molar-refractivity contribution in [1.29, 1.82) is 0 Å². The van der Waals surface area contributed by atoms with Crippen molar-refractivity contribution in [1.82, 2.24) is 9.88 Å². The standard InChI is InChI=1S/C21H21ClN2O2/c1-13(2)24(21(26)17-9-4-5-10-18(17)22)12-16-11-15-8-6-7-14(3)19(15)23-20(16)25/h4-11,13H,12H2,1-3H3,(H,23,25). The van der Waals surface area contributed by atoms with Gasteiger partial charge in [-0.05, 0) is 49.9 Å². The van der Waals surface area contributed by atoms with Crippen molar-refractivity contribution < 1.29 is 4.79 Å². The smallest absolute Gasteiger partial charge is 0.255 e. The molecule has 0 atom stereocenters. The lowest BCUT2D eigenvalue weighted by Crippen LogP contribution is -2.38. The number of fused-ring (bicyclic) bond motifs is 1. The van der Waals surface area contributed by atoms with Crippen molar-refractivity contribution in [2.75, 3.05) is 0 Å².